The van der Waals surface area contributed by atoms with E-state index in [2.05, 4.69) is 44.8 Å². The van der Waals surface area contributed by atoms with Crippen LogP contribution in [0, 0.1) is 11.3 Å². The summed E-state index contributed by atoms with van der Waals surface area (Å²) in [5.74, 6) is 0.377. The summed E-state index contributed by atoms with van der Waals surface area (Å²) < 4.78 is 24.1. The van der Waals surface area contributed by atoms with Gasteiger partial charge in [-0.15, -0.1) is 0 Å². The lowest BCUT2D eigenvalue weighted by molar-refractivity contribution is 0.211. The molecule has 2 unspecified atom stereocenters. The minimum Gasteiger partial charge on any atom is -0.392 e. The van der Waals surface area contributed by atoms with E-state index in [4.69, 9.17) is 11.5 Å². The summed E-state index contributed by atoms with van der Waals surface area (Å²) in [6.45, 7) is 9.09. The molecule has 0 saturated carbocycles. The summed E-state index contributed by atoms with van der Waals surface area (Å²) in [7, 11) is -3.29. The van der Waals surface area contributed by atoms with Crippen molar-refractivity contribution in [1.82, 2.24) is 0 Å². The van der Waals surface area contributed by atoms with E-state index in [0.717, 1.165) is 24.8 Å². The van der Waals surface area contributed by atoms with E-state index >= 15 is 0 Å². The number of sulfone groups is 1. The Kier molecular flexibility index (Phi) is 10.8. The Labute approximate surface area is 183 Å². The van der Waals surface area contributed by atoms with Crippen LogP contribution >= 0.6 is 0 Å². The molecule has 30 heavy (non-hydrogen) atoms. The average Bonchev–Trinajstić information content (AvgIpc) is 2.66. The SMILES string of the molecule is CC(=CCCC(=CCS(=O)(=O)CCN=C(N)N)CO)CCC1(C)C(C)=CCCC1C. The zero-order valence-corrected chi connectivity index (χ0v) is 20.0. The number of hydrogen-bond donors (Lipinski definition) is 3. The average molecular weight is 440 g/mol. The highest BCUT2D eigenvalue weighted by Crippen LogP contribution is 2.45. The molecule has 0 spiro atoms. The number of guanidine groups is 1. The van der Waals surface area contributed by atoms with Crippen molar-refractivity contribution in [3.8, 4) is 0 Å². The first-order valence-corrected chi connectivity index (χ1v) is 12.7. The third kappa shape index (κ3) is 9.04. The molecule has 1 aliphatic carbocycles. The smallest absolute Gasteiger partial charge is 0.185 e. The van der Waals surface area contributed by atoms with Crippen LogP contribution in [0.3, 0.4) is 0 Å². The molecule has 7 heteroatoms. The van der Waals surface area contributed by atoms with Gasteiger partial charge in [0.25, 0.3) is 0 Å². The van der Waals surface area contributed by atoms with Crippen molar-refractivity contribution in [3.63, 3.8) is 0 Å². The molecule has 0 aliphatic heterocycles. The maximum Gasteiger partial charge on any atom is 0.185 e. The molecule has 0 saturated heterocycles. The van der Waals surface area contributed by atoms with E-state index < -0.39 is 9.84 Å². The number of nitrogens with zero attached hydrogens (tertiary/aromatic N) is 1. The zero-order chi connectivity index (χ0) is 22.8. The number of aliphatic imine (C=N–C) groups is 1. The van der Waals surface area contributed by atoms with Gasteiger partial charge in [-0.05, 0) is 69.3 Å². The Bertz CT molecular complexity index is 778. The number of hydrogen-bond acceptors (Lipinski definition) is 4. The van der Waals surface area contributed by atoms with Crippen LogP contribution in [0.4, 0.5) is 0 Å². The Hall–Kier alpha value is -1.60. The van der Waals surface area contributed by atoms with Crippen LogP contribution < -0.4 is 11.5 Å². The fourth-order valence-corrected chi connectivity index (χ4v) is 4.91. The van der Waals surface area contributed by atoms with Gasteiger partial charge in [0.15, 0.2) is 15.8 Å². The molecule has 1 rings (SSSR count). The van der Waals surface area contributed by atoms with Gasteiger partial charge in [-0.2, -0.15) is 0 Å². The third-order valence-corrected chi connectivity index (χ3v) is 8.04. The van der Waals surface area contributed by atoms with Crippen molar-refractivity contribution >= 4 is 15.8 Å². The Morgan fingerprint density at radius 2 is 2.03 bits per heavy atom. The maximum atomic E-state index is 12.0. The van der Waals surface area contributed by atoms with E-state index in [1.54, 1.807) is 6.08 Å². The molecule has 0 bridgehead atoms. The van der Waals surface area contributed by atoms with Gasteiger partial charge in [-0.3, -0.25) is 4.99 Å². The second-order valence-corrected chi connectivity index (χ2v) is 11.0. The molecule has 5 N–H and O–H groups in total. The first-order chi connectivity index (χ1) is 14.0. The number of aliphatic hydroxyl groups is 1. The zero-order valence-electron chi connectivity index (χ0n) is 19.2. The van der Waals surface area contributed by atoms with Crippen LogP contribution in [0.2, 0.25) is 0 Å². The maximum absolute atomic E-state index is 12.0. The predicted molar refractivity (Wildman–Crippen MR) is 127 cm³/mol. The van der Waals surface area contributed by atoms with Crippen molar-refractivity contribution < 1.29 is 13.5 Å². The summed E-state index contributed by atoms with van der Waals surface area (Å²) >= 11 is 0. The van der Waals surface area contributed by atoms with Crippen molar-refractivity contribution in [3.05, 3.63) is 34.9 Å². The van der Waals surface area contributed by atoms with E-state index in [1.807, 2.05) is 0 Å². The van der Waals surface area contributed by atoms with Crippen LogP contribution in [-0.4, -0.2) is 44.1 Å². The molecule has 1 aliphatic rings. The molecule has 0 radical (unpaired) electrons. The minimum absolute atomic E-state index is 0.0566. The molecule has 0 aromatic heterocycles. The van der Waals surface area contributed by atoms with Crippen molar-refractivity contribution in [2.45, 2.75) is 66.2 Å². The van der Waals surface area contributed by atoms with E-state index in [1.165, 1.54) is 24.0 Å². The highest BCUT2D eigenvalue weighted by Gasteiger charge is 2.34. The van der Waals surface area contributed by atoms with Crippen LogP contribution in [0.5, 0.6) is 0 Å². The van der Waals surface area contributed by atoms with Gasteiger partial charge in [0.1, 0.15) is 0 Å². The monoisotopic (exact) mass is 439 g/mol. The molecular formula is C23H41N3O3S. The number of allylic oxidation sites excluding steroid dienone is 4. The highest BCUT2D eigenvalue weighted by atomic mass is 32.2. The van der Waals surface area contributed by atoms with Crippen LogP contribution in [0.25, 0.3) is 0 Å². The first kappa shape index (κ1) is 26.4. The molecule has 0 aromatic carbocycles. The van der Waals surface area contributed by atoms with E-state index in [-0.39, 0.29) is 36.0 Å². The van der Waals surface area contributed by atoms with Gasteiger partial charge in [0.05, 0.1) is 24.7 Å². The summed E-state index contributed by atoms with van der Waals surface area (Å²) in [6, 6.07) is 0. The van der Waals surface area contributed by atoms with Crippen molar-refractivity contribution in [1.29, 1.82) is 0 Å². The third-order valence-electron chi connectivity index (χ3n) is 6.56. The number of aliphatic hydroxyl groups excluding tert-OH is 1. The van der Waals surface area contributed by atoms with Gasteiger partial charge in [-0.25, -0.2) is 8.42 Å². The van der Waals surface area contributed by atoms with Crippen LogP contribution in [0.1, 0.15) is 66.2 Å². The largest absolute Gasteiger partial charge is 0.392 e. The lowest BCUT2D eigenvalue weighted by Crippen LogP contribution is -2.29. The van der Waals surface area contributed by atoms with Crippen molar-refractivity contribution in [2.24, 2.45) is 27.8 Å². The normalized spacial score (nSPS) is 23.2. The summed E-state index contributed by atoms with van der Waals surface area (Å²) in [5.41, 5.74) is 14.3. The summed E-state index contributed by atoms with van der Waals surface area (Å²) in [5, 5.41) is 9.56. The molecule has 0 heterocycles. The standard InChI is InChI=1S/C23H41N3O3S/c1-18(11-13-23(4)19(2)8-6-9-20(23)3)7-5-10-21(17-27)12-15-30(28,29)16-14-26-22(24)25/h7-8,12,20,27H,5-6,9-11,13-17H2,1-4H3,(H4,24,25,26). The predicted octanol–water partition coefficient (Wildman–Crippen LogP) is 3.48. The van der Waals surface area contributed by atoms with Gasteiger partial charge in [0.2, 0.25) is 0 Å². The van der Waals surface area contributed by atoms with Crippen LogP contribution in [0.15, 0.2) is 39.9 Å². The fourth-order valence-electron chi connectivity index (χ4n) is 3.88. The molecule has 0 fully saturated rings. The molecule has 0 aromatic rings. The first-order valence-electron chi connectivity index (χ1n) is 10.9. The summed E-state index contributed by atoms with van der Waals surface area (Å²) in [6.07, 6.45) is 12.3. The molecule has 6 nitrogen and oxygen atoms in total. The molecule has 172 valence electrons. The Balaban J connectivity index is 2.53. The highest BCUT2D eigenvalue weighted by molar-refractivity contribution is 7.91. The van der Waals surface area contributed by atoms with Gasteiger partial charge in [-0.1, -0.05) is 43.2 Å². The van der Waals surface area contributed by atoms with Gasteiger partial charge < -0.3 is 16.6 Å². The number of rotatable bonds is 12. The molecule has 2 atom stereocenters. The fraction of sp³-hybridized carbons (Fsp3) is 0.696. The Morgan fingerprint density at radius 3 is 2.63 bits per heavy atom. The second-order valence-electron chi connectivity index (χ2n) is 8.81. The number of nitrogens with two attached hydrogens (primary N) is 2. The summed E-state index contributed by atoms with van der Waals surface area (Å²) in [4.78, 5) is 3.70. The molecular weight excluding hydrogens is 398 g/mol. The van der Waals surface area contributed by atoms with Gasteiger partial charge in [0, 0.05) is 0 Å². The quantitative estimate of drug-likeness (QED) is 0.244. The second kappa shape index (κ2) is 12.3. The molecule has 0 amide bonds. The Morgan fingerprint density at radius 1 is 1.33 bits per heavy atom. The van der Waals surface area contributed by atoms with E-state index in [9.17, 15) is 13.5 Å². The van der Waals surface area contributed by atoms with Crippen molar-refractivity contribution in [2.75, 3.05) is 24.7 Å². The van der Waals surface area contributed by atoms with Gasteiger partial charge >= 0.3 is 0 Å². The van der Waals surface area contributed by atoms with Crippen LogP contribution in [-0.2, 0) is 9.84 Å². The lowest BCUT2D eigenvalue weighted by atomic mass is 9.65. The topological polar surface area (TPSA) is 119 Å². The lowest BCUT2D eigenvalue weighted by Gasteiger charge is -2.40. The van der Waals surface area contributed by atoms with E-state index in [0.29, 0.717) is 12.3 Å². The minimum atomic E-state index is -3.29.